The van der Waals surface area contributed by atoms with Gasteiger partial charge in [-0.05, 0) is 6.92 Å². The zero-order valence-electron chi connectivity index (χ0n) is 14.2. The monoisotopic (exact) mass is 344 g/mol. The summed E-state index contributed by atoms with van der Waals surface area (Å²) >= 11 is 0. The van der Waals surface area contributed by atoms with E-state index in [-0.39, 0.29) is 6.61 Å². The molecule has 10 fully saturated rings. The van der Waals surface area contributed by atoms with Crippen LogP contribution in [0.3, 0.4) is 0 Å². The Labute approximate surface area is 124 Å². The molecule has 1 nitrogen and oxygen atoms in total. The zero-order valence-corrected chi connectivity index (χ0v) is 15.3. The molecule has 0 radical (unpaired) electrons. The van der Waals surface area contributed by atoms with E-state index < -0.39 is 6.51 Å². The Hall–Kier alpha value is 0.479. The van der Waals surface area contributed by atoms with Gasteiger partial charge < -0.3 is 5.11 Å². The summed E-state index contributed by atoms with van der Waals surface area (Å²) < 4.78 is 1.24. The largest absolute Gasteiger partial charge is 0.397 e. The first-order chi connectivity index (χ1) is 10.5. The minimum Gasteiger partial charge on any atom is -0.397 e. The fraction of sp³-hybridized carbons (Fsp3) is 1.00. The van der Waals surface area contributed by atoms with Crippen molar-refractivity contribution in [2.24, 2.45) is 0 Å². The fourth-order valence-corrected chi connectivity index (χ4v) is 93.9. The van der Waals surface area contributed by atoms with Gasteiger partial charge in [0.1, 0.15) is 0 Å². The molecule has 10 heterocycles. The van der Waals surface area contributed by atoms with Gasteiger partial charge in [0.2, 0.25) is 0 Å². The van der Waals surface area contributed by atoms with Crippen molar-refractivity contribution in [3.63, 3.8) is 0 Å². The first-order valence-electron chi connectivity index (χ1n) is 10.3. The van der Waals surface area contributed by atoms with Crippen LogP contribution in [-0.2, 0) is 6.51 Å². The van der Waals surface area contributed by atoms with Gasteiger partial charge in [-0.15, -0.1) is 0 Å². The van der Waals surface area contributed by atoms with Crippen LogP contribution in [0, 0.1) is 0 Å². The molecule has 2 heteroatoms. The number of rotatable bonds is 7. The molecule has 1 N–H and O–H groups in total. The smallest absolute Gasteiger partial charge is 0.0402 e. The van der Waals surface area contributed by atoms with Gasteiger partial charge >= 0.3 is 106 Å². The molecule has 126 valence electrons. The predicted octanol–water partition coefficient (Wildman–Crippen LogP) is 6.49. The molecule has 10 saturated heterocycles. The summed E-state index contributed by atoms with van der Waals surface area (Å²) in [6, 6.07) is 0. The number of hydrogen-bond donors (Lipinski definition) is 1. The molecule has 0 bridgehead atoms. The van der Waals surface area contributed by atoms with Crippen LogP contribution < -0.4 is 0 Å². The first kappa shape index (κ1) is 11.2. The standard InChI is InChI=1S/C13H21.C5H5.C2H6O.Fe/c1-2-3-4-5-6-7-10-13-11-8-9-12-13;1-2-4-5-3-1;1-2-3;/h8-9,11-12H,2-7,10H2,1H3;1-5H;3H,2H2,1H3;. The van der Waals surface area contributed by atoms with Gasteiger partial charge in [-0.25, -0.2) is 0 Å². The van der Waals surface area contributed by atoms with Crippen LogP contribution in [0.2, 0.25) is 47.7 Å². The minimum absolute atomic E-state index is 0.250. The normalized spacial score (nSPS) is 94.0. The third-order valence-corrected chi connectivity index (χ3v) is 59.9. The van der Waals surface area contributed by atoms with Crippen molar-refractivity contribution >= 4 is 0 Å². The van der Waals surface area contributed by atoms with Crippen molar-refractivity contribution in [1.29, 1.82) is 0 Å². The molecule has 10 aliphatic heterocycles. The van der Waals surface area contributed by atoms with Crippen LogP contribution in [0.5, 0.6) is 0 Å². The molecular weight excluding hydrogens is 312 g/mol. The average Bonchev–Trinajstić information content (AvgIpc) is 3.45. The van der Waals surface area contributed by atoms with E-state index in [1.807, 2.05) is 0 Å². The molecule has 1 spiro atoms. The maximum Gasteiger partial charge on any atom is 0.0402 e. The topological polar surface area (TPSA) is 20.2 Å². The molecule has 0 aromatic rings. The molecule has 0 aliphatic carbocycles. The van der Waals surface area contributed by atoms with Gasteiger partial charge in [-0.2, -0.15) is 0 Å². The molecule has 0 aromatic heterocycles. The molecule has 10 aliphatic rings. The molecule has 22 heavy (non-hydrogen) atoms. The van der Waals surface area contributed by atoms with E-state index in [0.29, 0.717) is 0 Å². The van der Waals surface area contributed by atoms with Crippen molar-refractivity contribution in [3.8, 4) is 0 Å². The van der Waals surface area contributed by atoms with Crippen molar-refractivity contribution in [1.82, 2.24) is 0 Å². The van der Waals surface area contributed by atoms with Crippen LogP contribution in [-0.4, -0.2) is 11.7 Å². The molecule has 4 unspecified atom stereocenters. The Bertz CT molecular complexity index is 881. The number of hydrogen-bond acceptors (Lipinski definition) is 1. The van der Waals surface area contributed by atoms with E-state index in [2.05, 4.69) is 6.92 Å². The predicted molar refractivity (Wildman–Crippen MR) is 87.2 cm³/mol. The Balaban J connectivity index is 0.000000283. The van der Waals surface area contributed by atoms with Gasteiger partial charge in [0.15, 0.2) is 0 Å². The Kier molecular flexibility index (Phi) is 0.611. The van der Waals surface area contributed by atoms with Crippen LogP contribution in [0.15, 0.2) is 0 Å². The summed E-state index contributed by atoms with van der Waals surface area (Å²) in [4.78, 5) is 14.1. The van der Waals surface area contributed by atoms with Crippen molar-refractivity contribution in [3.05, 3.63) is 0 Å². The van der Waals surface area contributed by atoms with E-state index in [4.69, 9.17) is 5.11 Å². The van der Waals surface area contributed by atoms with Gasteiger partial charge in [-0.1, -0.05) is 0 Å². The van der Waals surface area contributed by atoms with E-state index in [9.17, 15) is 0 Å². The quantitative estimate of drug-likeness (QED) is 0.413. The molecule has 0 aromatic carbocycles. The summed E-state index contributed by atoms with van der Waals surface area (Å²) in [5, 5.41) is 7.57. The van der Waals surface area contributed by atoms with Gasteiger partial charge in [0.05, 0.1) is 0 Å². The Morgan fingerprint density at radius 1 is 0.727 bits per heavy atom. The van der Waals surface area contributed by atoms with Gasteiger partial charge in [-0.3, -0.25) is 0 Å². The van der Waals surface area contributed by atoms with Crippen molar-refractivity contribution < 1.29 is 11.6 Å². The second kappa shape index (κ2) is 1.20. The maximum atomic E-state index is 7.57. The van der Waals surface area contributed by atoms with Crippen molar-refractivity contribution in [2.75, 3.05) is 6.61 Å². The zero-order chi connectivity index (χ0) is 14.7. The maximum absolute atomic E-state index is 7.57. The second-order valence-corrected chi connectivity index (χ2v) is 36.3. The number of fused-ring (bicyclic) bond motifs is 10. The Morgan fingerprint density at radius 3 is 1.55 bits per heavy atom. The molecule has 4 atom stereocenters. The van der Waals surface area contributed by atoms with E-state index >= 15 is 0 Å². The van der Waals surface area contributed by atoms with Gasteiger partial charge in [0.25, 0.3) is 0 Å². The van der Waals surface area contributed by atoms with E-state index in [0.717, 1.165) is 0 Å². The van der Waals surface area contributed by atoms with Crippen LogP contribution in [0.25, 0.3) is 0 Å². The number of aliphatic hydroxyl groups is 1. The van der Waals surface area contributed by atoms with E-state index in [1.165, 1.54) is 23.6 Å². The molecule has 0 amide bonds. The third-order valence-electron chi connectivity index (χ3n) is 16.9. The summed E-state index contributed by atoms with van der Waals surface area (Å²) in [5.41, 5.74) is 0. The summed E-state index contributed by atoms with van der Waals surface area (Å²) in [6.07, 6.45) is 11.0. The van der Waals surface area contributed by atoms with Crippen LogP contribution >= 0.6 is 0 Å². The summed E-state index contributed by atoms with van der Waals surface area (Å²) in [5.74, 6) is 0. The third kappa shape index (κ3) is 0.157. The van der Waals surface area contributed by atoms with E-state index in [1.54, 1.807) is 76.0 Å². The van der Waals surface area contributed by atoms with Crippen LogP contribution in [0.4, 0.5) is 0 Å². The first-order valence-corrected chi connectivity index (χ1v) is 16.6. The summed E-state index contributed by atoms with van der Waals surface area (Å²) in [6.45, 7) is 1.65. The minimum atomic E-state index is -2.63. The number of aliphatic hydroxyl groups excluding tert-OH is 1. The second-order valence-electron chi connectivity index (χ2n) is 12.7. The summed E-state index contributed by atoms with van der Waals surface area (Å²) in [7, 11) is 0. The molecular formula is C20H32FeO. The Morgan fingerprint density at radius 2 is 1.18 bits per heavy atom. The van der Waals surface area contributed by atoms with Gasteiger partial charge in [0, 0.05) is 6.61 Å². The number of unbranched alkanes of at least 4 members (excludes halogenated alkanes) is 5. The fourth-order valence-electron chi connectivity index (χ4n) is 18.5. The van der Waals surface area contributed by atoms with Crippen molar-refractivity contribution in [2.45, 2.75) is 106 Å². The molecule has 10 rings (SSSR count). The molecule has 0 saturated carbocycles. The average molecular weight is 344 g/mol. The SMILES string of the molecule is CCCCCCCC[C]12[CH]3[CH]4[CH]5[CH]1[Fe]45321678[CH]2[CH]1[CH]6[CH]7[CH]28.CCO. The van der Waals surface area contributed by atoms with Crippen LogP contribution in [0.1, 0.15) is 58.8 Å².